The van der Waals surface area contributed by atoms with Crippen LogP contribution in [0.2, 0.25) is 0 Å². The Morgan fingerprint density at radius 2 is 1.84 bits per heavy atom. The van der Waals surface area contributed by atoms with Crippen LogP contribution in [0.1, 0.15) is 21.5 Å². The third-order valence-electron chi connectivity index (χ3n) is 3.76. The molecule has 1 aromatic carbocycles. The van der Waals surface area contributed by atoms with Crippen LogP contribution in [0.4, 0.5) is 5.69 Å². The molecular weight excluding hydrogens is 410 g/mol. The van der Waals surface area contributed by atoms with E-state index in [9.17, 15) is 18.0 Å². The normalized spacial score (nSPS) is 11.6. The average Bonchev–Trinajstić information content (AvgIpc) is 2.52. The highest BCUT2D eigenvalue weighted by Gasteiger charge is 2.23. The molecule has 1 heterocycles. The number of hydrogen-bond donors (Lipinski definition) is 2. The Morgan fingerprint density at radius 1 is 1.20 bits per heavy atom. The number of rotatable bonds is 4. The number of aromatic nitrogens is 1. The molecule has 2 aromatic rings. The summed E-state index contributed by atoms with van der Waals surface area (Å²) in [6.07, 6.45) is 1.45. The topological polar surface area (TPSA) is 99.3 Å². The summed E-state index contributed by atoms with van der Waals surface area (Å²) in [5, 5.41) is 2.50. The van der Waals surface area contributed by atoms with Crippen molar-refractivity contribution >= 4 is 37.5 Å². The minimum atomic E-state index is -3.70. The number of amides is 1. The summed E-state index contributed by atoms with van der Waals surface area (Å²) < 4.78 is 26.6. The van der Waals surface area contributed by atoms with Gasteiger partial charge in [0.25, 0.3) is 11.5 Å². The van der Waals surface area contributed by atoms with Crippen LogP contribution in [0.3, 0.4) is 0 Å². The number of carbonyl (C=O) groups is 1. The van der Waals surface area contributed by atoms with Crippen molar-refractivity contribution in [2.24, 2.45) is 0 Å². The van der Waals surface area contributed by atoms with Crippen LogP contribution in [-0.2, 0) is 10.0 Å². The zero-order chi connectivity index (χ0) is 18.9. The lowest BCUT2D eigenvalue weighted by atomic mass is 10.1. The maximum Gasteiger partial charge on any atom is 0.271 e. The number of H-pyrrole nitrogens is 1. The molecule has 0 saturated carbocycles. The van der Waals surface area contributed by atoms with E-state index in [1.807, 2.05) is 0 Å². The van der Waals surface area contributed by atoms with E-state index >= 15 is 0 Å². The van der Waals surface area contributed by atoms with E-state index in [0.29, 0.717) is 15.6 Å². The second-order valence-corrected chi connectivity index (χ2v) is 8.75. The molecule has 1 aromatic heterocycles. The first-order valence-electron chi connectivity index (χ1n) is 7.27. The van der Waals surface area contributed by atoms with Gasteiger partial charge in [0.05, 0.1) is 4.90 Å². The molecule has 25 heavy (non-hydrogen) atoms. The van der Waals surface area contributed by atoms with Crippen molar-refractivity contribution in [2.45, 2.75) is 18.7 Å². The molecule has 2 rings (SSSR count). The first-order chi connectivity index (χ1) is 11.5. The monoisotopic (exact) mass is 427 g/mol. The van der Waals surface area contributed by atoms with Gasteiger partial charge in [0.15, 0.2) is 0 Å². The zero-order valence-electron chi connectivity index (χ0n) is 14.2. The molecule has 0 radical (unpaired) electrons. The van der Waals surface area contributed by atoms with E-state index in [1.54, 1.807) is 19.9 Å². The van der Waals surface area contributed by atoms with Gasteiger partial charge in [-0.05, 0) is 59.1 Å². The van der Waals surface area contributed by atoms with Gasteiger partial charge >= 0.3 is 0 Å². The van der Waals surface area contributed by atoms with Crippen molar-refractivity contribution in [3.05, 3.63) is 55.9 Å². The maximum atomic E-state index is 12.5. The second-order valence-electron chi connectivity index (χ2n) is 5.72. The van der Waals surface area contributed by atoms with Gasteiger partial charge in [0.2, 0.25) is 10.0 Å². The smallest absolute Gasteiger partial charge is 0.271 e. The van der Waals surface area contributed by atoms with Gasteiger partial charge in [-0.15, -0.1) is 0 Å². The third-order valence-corrected chi connectivity index (χ3v) is 6.16. The molecular formula is C16H18BrN3O4S. The van der Waals surface area contributed by atoms with Crippen molar-refractivity contribution in [2.75, 3.05) is 19.4 Å². The summed E-state index contributed by atoms with van der Waals surface area (Å²) in [6.45, 7) is 3.42. The van der Waals surface area contributed by atoms with Crippen LogP contribution >= 0.6 is 15.9 Å². The molecule has 9 heteroatoms. The second kappa shape index (κ2) is 7.11. The average molecular weight is 428 g/mol. The van der Waals surface area contributed by atoms with E-state index < -0.39 is 21.5 Å². The van der Waals surface area contributed by atoms with Gasteiger partial charge in [-0.1, -0.05) is 0 Å². The molecule has 0 fully saturated rings. The highest BCUT2D eigenvalue weighted by Crippen LogP contribution is 2.24. The van der Waals surface area contributed by atoms with Crippen LogP contribution in [0.15, 0.2) is 38.6 Å². The molecule has 0 atom stereocenters. The molecule has 7 nitrogen and oxygen atoms in total. The maximum absolute atomic E-state index is 12.5. The van der Waals surface area contributed by atoms with Gasteiger partial charge in [0.1, 0.15) is 5.69 Å². The largest absolute Gasteiger partial charge is 0.326 e. The number of nitrogens with zero attached hydrogens (tertiary/aromatic N) is 1. The Hall–Kier alpha value is -1.97. The van der Waals surface area contributed by atoms with E-state index in [4.69, 9.17) is 0 Å². The zero-order valence-corrected chi connectivity index (χ0v) is 16.6. The van der Waals surface area contributed by atoms with E-state index in [-0.39, 0.29) is 16.1 Å². The minimum Gasteiger partial charge on any atom is -0.326 e. The first-order valence-corrected chi connectivity index (χ1v) is 9.50. The summed E-state index contributed by atoms with van der Waals surface area (Å²) in [7, 11) is -0.839. The highest BCUT2D eigenvalue weighted by molar-refractivity contribution is 9.10. The fourth-order valence-electron chi connectivity index (χ4n) is 2.17. The van der Waals surface area contributed by atoms with Crippen LogP contribution in [-0.4, -0.2) is 37.7 Å². The Labute approximate surface area is 154 Å². The molecule has 0 aliphatic carbocycles. The van der Waals surface area contributed by atoms with Crippen molar-refractivity contribution in [3.8, 4) is 0 Å². The number of carbonyl (C=O) groups excluding carboxylic acids is 1. The van der Waals surface area contributed by atoms with Crippen molar-refractivity contribution < 1.29 is 13.2 Å². The summed E-state index contributed by atoms with van der Waals surface area (Å²) in [5.41, 5.74) is 1.00. The molecule has 0 unspecified atom stereocenters. The molecule has 0 aliphatic rings. The molecule has 0 bridgehead atoms. The highest BCUT2D eigenvalue weighted by atomic mass is 79.9. The fraction of sp³-hybridized carbons (Fsp3) is 0.250. The van der Waals surface area contributed by atoms with E-state index in [1.165, 1.54) is 32.4 Å². The molecule has 0 spiro atoms. The molecule has 2 N–H and O–H groups in total. The predicted molar refractivity (Wildman–Crippen MR) is 99.5 cm³/mol. The SMILES string of the molecule is Cc1cc(C(=O)Nc2cc(Br)c[nH]c2=O)cc(S(=O)(=O)N(C)C)c1C. The van der Waals surface area contributed by atoms with Crippen LogP contribution in [0.25, 0.3) is 0 Å². The van der Waals surface area contributed by atoms with E-state index in [0.717, 1.165) is 4.31 Å². The summed E-state index contributed by atoms with van der Waals surface area (Å²) in [6, 6.07) is 4.37. The quantitative estimate of drug-likeness (QED) is 0.781. The lowest BCUT2D eigenvalue weighted by molar-refractivity contribution is 0.102. The fourth-order valence-corrected chi connectivity index (χ4v) is 3.73. The number of anilines is 1. The first kappa shape index (κ1) is 19.4. The Morgan fingerprint density at radius 3 is 2.44 bits per heavy atom. The molecule has 0 aliphatic heterocycles. The number of halogens is 1. The molecule has 0 saturated heterocycles. The Kier molecular flexibility index (Phi) is 5.50. The van der Waals surface area contributed by atoms with Gasteiger partial charge in [-0.3, -0.25) is 9.59 Å². The van der Waals surface area contributed by atoms with Crippen molar-refractivity contribution in [1.29, 1.82) is 0 Å². The van der Waals surface area contributed by atoms with Gasteiger partial charge < -0.3 is 10.3 Å². The van der Waals surface area contributed by atoms with E-state index in [2.05, 4.69) is 26.2 Å². The van der Waals surface area contributed by atoms with Gasteiger partial charge in [-0.2, -0.15) is 0 Å². The van der Waals surface area contributed by atoms with Gasteiger partial charge in [0, 0.05) is 30.3 Å². The number of nitrogens with one attached hydrogen (secondary N) is 2. The number of benzene rings is 1. The Balaban J connectivity index is 2.50. The third kappa shape index (κ3) is 4.00. The predicted octanol–water partition coefficient (Wildman–Crippen LogP) is 2.26. The number of hydrogen-bond acceptors (Lipinski definition) is 4. The van der Waals surface area contributed by atoms with Crippen LogP contribution < -0.4 is 10.9 Å². The number of pyridine rings is 1. The summed E-state index contributed by atoms with van der Waals surface area (Å²) in [4.78, 5) is 26.8. The number of sulfonamides is 1. The lowest BCUT2D eigenvalue weighted by Crippen LogP contribution is -2.24. The van der Waals surface area contributed by atoms with Crippen LogP contribution in [0, 0.1) is 13.8 Å². The summed E-state index contributed by atoms with van der Waals surface area (Å²) >= 11 is 3.21. The standard InChI is InChI=1S/C16H18BrN3O4S/c1-9-5-11(6-14(10(9)2)25(23,24)20(3)4)15(21)19-13-7-12(17)8-18-16(13)22/h5-8H,1-4H3,(H,18,22)(H,19,21). The van der Waals surface area contributed by atoms with Crippen molar-refractivity contribution in [1.82, 2.24) is 9.29 Å². The minimum absolute atomic E-state index is 0.0609. The lowest BCUT2D eigenvalue weighted by Gasteiger charge is -2.16. The van der Waals surface area contributed by atoms with Crippen molar-refractivity contribution in [3.63, 3.8) is 0 Å². The van der Waals surface area contributed by atoms with Crippen LogP contribution in [0.5, 0.6) is 0 Å². The summed E-state index contributed by atoms with van der Waals surface area (Å²) in [5.74, 6) is -0.568. The number of aromatic amines is 1. The molecule has 1 amide bonds. The Bertz CT molecular complexity index is 997. The van der Waals surface area contributed by atoms with Gasteiger partial charge in [-0.25, -0.2) is 12.7 Å². The number of aryl methyl sites for hydroxylation is 1. The molecule has 134 valence electrons.